The third-order valence-electron chi connectivity index (χ3n) is 4.18. The molecule has 1 heterocycles. The third kappa shape index (κ3) is 4.58. The molecule has 0 aliphatic carbocycles. The number of alkyl halides is 3. The van der Waals surface area contributed by atoms with Crippen molar-refractivity contribution >= 4 is 10.9 Å². The van der Waals surface area contributed by atoms with Gasteiger partial charge in [0.15, 0.2) is 0 Å². The molecule has 0 fully saturated rings. The first-order chi connectivity index (χ1) is 12.5. The number of aromatic nitrogens is 1. The standard InChI is InChI=1S/C20H21F3N2O/c1-13(25-20(23)19(21)22)9-15-11-24-18-8-7-16(10-17(15)18)26-12-14-5-3-2-4-6-14/h2-8,10-11,13,19-20,24-25H,9,12H2,1H3/t13-,20?/m1/s1. The average molecular weight is 362 g/mol. The summed E-state index contributed by atoms with van der Waals surface area (Å²) in [5, 5.41) is 3.22. The maximum Gasteiger partial charge on any atom is 0.282 e. The van der Waals surface area contributed by atoms with E-state index >= 15 is 0 Å². The second kappa shape index (κ2) is 8.27. The van der Waals surface area contributed by atoms with Gasteiger partial charge in [-0.1, -0.05) is 30.3 Å². The van der Waals surface area contributed by atoms with Gasteiger partial charge in [-0.3, -0.25) is 5.32 Å². The van der Waals surface area contributed by atoms with Crippen molar-refractivity contribution in [3.05, 3.63) is 65.9 Å². The Morgan fingerprint density at radius 2 is 1.85 bits per heavy atom. The molecule has 6 heteroatoms. The van der Waals surface area contributed by atoms with E-state index in [2.05, 4.69) is 10.3 Å². The fraction of sp³-hybridized carbons (Fsp3) is 0.300. The Labute approximate surface area is 150 Å². The Balaban J connectivity index is 1.69. The number of ether oxygens (including phenoxy) is 1. The van der Waals surface area contributed by atoms with Gasteiger partial charge < -0.3 is 9.72 Å². The van der Waals surface area contributed by atoms with E-state index in [0.29, 0.717) is 13.0 Å². The minimum absolute atomic E-state index is 0.424. The van der Waals surface area contributed by atoms with Gasteiger partial charge in [-0.2, -0.15) is 0 Å². The molecule has 3 aromatic rings. The van der Waals surface area contributed by atoms with Gasteiger partial charge in [0.25, 0.3) is 6.43 Å². The normalized spacial score (nSPS) is 13.9. The van der Waals surface area contributed by atoms with E-state index < -0.39 is 18.8 Å². The van der Waals surface area contributed by atoms with Gasteiger partial charge in [0.05, 0.1) is 0 Å². The Morgan fingerprint density at radius 1 is 1.08 bits per heavy atom. The van der Waals surface area contributed by atoms with Crippen LogP contribution in [0.1, 0.15) is 18.1 Å². The third-order valence-corrected chi connectivity index (χ3v) is 4.18. The second-order valence-electron chi connectivity index (χ2n) is 6.30. The predicted molar refractivity (Wildman–Crippen MR) is 96.3 cm³/mol. The minimum atomic E-state index is -3.03. The maximum absolute atomic E-state index is 13.2. The van der Waals surface area contributed by atoms with Crippen LogP contribution < -0.4 is 10.1 Å². The summed E-state index contributed by atoms with van der Waals surface area (Å²) in [6, 6.07) is 15.1. The van der Waals surface area contributed by atoms with Crippen molar-refractivity contribution in [3.63, 3.8) is 0 Å². The monoisotopic (exact) mass is 362 g/mol. The van der Waals surface area contributed by atoms with Gasteiger partial charge in [0, 0.05) is 23.1 Å². The number of hydrogen-bond acceptors (Lipinski definition) is 2. The van der Waals surface area contributed by atoms with E-state index in [9.17, 15) is 13.2 Å². The first-order valence-electron chi connectivity index (χ1n) is 8.48. The molecular weight excluding hydrogens is 341 g/mol. The minimum Gasteiger partial charge on any atom is -0.489 e. The highest BCUT2D eigenvalue weighted by Gasteiger charge is 2.21. The van der Waals surface area contributed by atoms with Gasteiger partial charge in [-0.05, 0) is 42.7 Å². The molecule has 138 valence electrons. The lowest BCUT2D eigenvalue weighted by Gasteiger charge is -2.16. The molecule has 0 saturated heterocycles. The highest BCUT2D eigenvalue weighted by molar-refractivity contribution is 5.84. The molecule has 0 radical (unpaired) electrons. The Kier molecular flexibility index (Phi) is 5.83. The summed E-state index contributed by atoms with van der Waals surface area (Å²) in [6.07, 6.45) is -3.10. The first-order valence-corrected chi connectivity index (χ1v) is 8.48. The Bertz CT molecular complexity index is 835. The van der Waals surface area contributed by atoms with Crippen molar-refractivity contribution in [3.8, 4) is 5.75 Å². The largest absolute Gasteiger partial charge is 0.489 e. The number of fused-ring (bicyclic) bond motifs is 1. The van der Waals surface area contributed by atoms with Gasteiger partial charge >= 0.3 is 0 Å². The molecule has 3 nitrogen and oxygen atoms in total. The first kappa shape index (κ1) is 18.3. The van der Waals surface area contributed by atoms with Crippen molar-refractivity contribution in [2.24, 2.45) is 0 Å². The number of hydrogen-bond donors (Lipinski definition) is 2. The average Bonchev–Trinajstić information content (AvgIpc) is 3.02. The van der Waals surface area contributed by atoms with Crippen LogP contribution in [0.3, 0.4) is 0 Å². The molecule has 0 aliphatic rings. The van der Waals surface area contributed by atoms with Crippen LogP contribution >= 0.6 is 0 Å². The highest BCUT2D eigenvalue weighted by atomic mass is 19.3. The number of H-pyrrole nitrogens is 1. The molecule has 26 heavy (non-hydrogen) atoms. The SMILES string of the molecule is C[C@H](Cc1c[nH]c2ccc(OCc3ccccc3)cc12)NC(F)C(F)F. The molecule has 1 aromatic heterocycles. The van der Waals surface area contributed by atoms with Crippen LogP contribution in [0.25, 0.3) is 10.9 Å². The van der Waals surface area contributed by atoms with Crippen molar-refractivity contribution in [2.45, 2.75) is 38.7 Å². The van der Waals surface area contributed by atoms with Crippen LogP contribution in [0.5, 0.6) is 5.75 Å². The summed E-state index contributed by atoms with van der Waals surface area (Å²) in [5.41, 5.74) is 2.91. The summed E-state index contributed by atoms with van der Waals surface area (Å²) in [6.45, 7) is 2.14. The molecule has 2 atom stereocenters. The maximum atomic E-state index is 13.2. The molecule has 0 saturated carbocycles. The van der Waals surface area contributed by atoms with Gasteiger partial charge in [0.1, 0.15) is 12.4 Å². The van der Waals surface area contributed by atoms with Crippen LogP contribution in [-0.4, -0.2) is 23.7 Å². The van der Waals surface area contributed by atoms with E-state index in [1.54, 1.807) is 6.92 Å². The summed E-state index contributed by atoms with van der Waals surface area (Å²) in [5.74, 6) is 0.721. The van der Waals surface area contributed by atoms with E-state index in [-0.39, 0.29) is 0 Å². The molecule has 0 bridgehead atoms. The number of benzene rings is 2. The second-order valence-corrected chi connectivity index (χ2v) is 6.30. The van der Waals surface area contributed by atoms with Crippen molar-refractivity contribution < 1.29 is 17.9 Å². The highest BCUT2D eigenvalue weighted by Crippen LogP contribution is 2.25. The van der Waals surface area contributed by atoms with E-state index in [1.165, 1.54) is 0 Å². The van der Waals surface area contributed by atoms with E-state index in [1.807, 2.05) is 54.7 Å². The van der Waals surface area contributed by atoms with Gasteiger partial charge in [0.2, 0.25) is 6.30 Å². The zero-order chi connectivity index (χ0) is 18.5. The molecular formula is C20H21F3N2O. The Morgan fingerprint density at radius 3 is 2.58 bits per heavy atom. The van der Waals surface area contributed by atoms with Gasteiger partial charge in [-0.15, -0.1) is 0 Å². The summed E-state index contributed by atoms with van der Waals surface area (Å²) in [4.78, 5) is 3.15. The van der Waals surface area contributed by atoms with Crippen LogP contribution in [0, 0.1) is 0 Å². The number of rotatable bonds is 8. The lowest BCUT2D eigenvalue weighted by atomic mass is 10.1. The molecule has 2 aromatic carbocycles. The Hall–Kier alpha value is -2.47. The van der Waals surface area contributed by atoms with Crippen LogP contribution in [0.4, 0.5) is 13.2 Å². The summed E-state index contributed by atoms with van der Waals surface area (Å²) in [7, 11) is 0. The quantitative estimate of drug-likeness (QED) is 0.563. The fourth-order valence-corrected chi connectivity index (χ4v) is 2.89. The van der Waals surface area contributed by atoms with Crippen LogP contribution in [0.2, 0.25) is 0 Å². The molecule has 0 amide bonds. The van der Waals surface area contributed by atoms with Crippen LogP contribution in [-0.2, 0) is 13.0 Å². The molecule has 0 spiro atoms. The lowest BCUT2D eigenvalue weighted by Crippen LogP contribution is -2.39. The number of halogens is 3. The van der Waals surface area contributed by atoms with Gasteiger partial charge in [-0.25, -0.2) is 13.2 Å². The topological polar surface area (TPSA) is 37.0 Å². The lowest BCUT2D eigenvalue weighted by molar-refractivity contribution is 0.0251. The van der Waals surface area contributed by atoms with E-state index in [4.69, 9.17) is 4.74 Å². The number of aromatic amines is 1. The van der Waals surface area contributed by atoms with Crippen molar-refractivity contribution in [1.82, 2.24) is 10.3 Å². The van der Waals surface area contributed by atoms with E-state index in [0.717, 1.165) is 27.8 Å². The number of nitrogens with one attached hydrogen (secondary N) is 2. The smallest absolute Gasteiger partial charge is 0.282 e. The predicted octanol–water partition coefficient (Wildman–Crippen LogP) is 4.83. The zero-order valence-corrected chi connectivity index (χ0v) is 14.4. The zero-order valence-electron chi connectivity index (χ0n) is 14.4. The molecule has 2 N–H and O–H groups in total. The molecule has 1 unspecified atom stereocenters. The summed E-state index contributed by atoms with van der Waals surface area (Å²) >= 11 is 0. The summed E-state index contributed by atoms with van der Waals surface area (Å²) < 4.78 is 43.7. The molecule has 0 aliphatic heterocycles. The van der Waals surface area contributed by atoms with Crippen LogP contribution in [0.15, 0.2) is 54.7 Å². The molecule has 3 rings (SSSR count). The van der Waals surface area contributed by atoms with Crippen molar-refractivity contribution in [1.29, 1.82) is 0 Å². The fourth-order valence-electron chi connectivity index (χ4n) is 2.89. The van der Waals surface area contributed by atoms with Crippen molar-refractivity contribution in [2.75, 3.05) is 0 Å².